The van der Waals surface area contributed by atoms with E-state index in [1.165, 1.54) is 11.3 Å². The molecule has 1 amide bonds. The summed E-state index contributed by atoms with van der Waals surface area (Å²) in [7, 11) is -3.66. The molecule has 1 saturated heterocycles. The maximum absolute atomic E-state index is 12.7. The van der Waals surface area contributed by atoms with E-state index in [1.54, 1.807) is 23.7 Å². The summed E-state index contributed by atoms with van der Waals surface area (Å²) in [5.41, 5.74) is 2.49. The second-order valence-electron chi connectivity index (χ2n) is 7.51. The maximum atomic E-state index is 12.7. The van der Waals surface area contributed by atoms with E-state index in [1.807, 2.05) is 36.4 Å². The fraction of sp³-hybridized carbons (Fsp3) is 0.238. The Balaban J connectivity index is 0.00000144. The van der Waals surface area contributed by atoms with Gasteiger partial charge in [-0.2, -0.15) is 0 Å². The van der Waals surface area contributed by atoms with Gasteiger partial charge in [0.1, 0.15) is 0 Å². The molecule has 0 saturated carbocycles. The largest absolute Gasteiger partial charge is 0.371 e. The number of para-hydroxylation sites is 1. The predicted octanol–water partition coefficient (Wildman–Crippen LogP) is 3.93. The zero-order valence-electron chi connectivity index (χ0n) is 16.0. The molecule has 158 valence electrons. The summed E-state index contributed by atoms with van der Waals surface area (Å²) >= 11 is 1.23. The number of thiazole rings is 1. The van der Waals surface area contributed by atoms with Crippen LogP contribution in [0, 0.1) is 0 Å². The molecule has 5 rings (SSSR count). The fourth-order valence-corrected chi connectivity index (χ4v) is 6.09. The molecular weight excluding hydrogens is 420 g/mol. The number of amides is 1. The molecule has 1 spiro atoms. The topological polar surface area (TPSA) is 91.4 Å². The highest BCUT2D eigenvalue weighted by molar-refractivity contribution is 7.93. The smallest absolute Gasteiger partial charge is 0.263 e. The van der Waals surface area contributed by atoms with Crippen molar-refractivity contribution in [3.63, 3.8) is 0 Å². The zero-order valence-corrected chi connectivity index (χ0v) is 17.7. The Morgan fingerprint density at radius 3 is 2.53 bits per heavy atom. The molecule has 0 radical (unpaired) electrons. The molecule has 30 heavy (non-hydrogen) atoms. The highest BCUT2D eigenvalue weighted by atomic mass is 32.2. The molecule has 7 nitrogen and oxygen atoms in total. The number of nitrogens with one attached hydrogen (secondary N) is 2. The third-order valence-corrected chi connectivity index (χ3v) is 8.08. The van der Waals surface area contributed by atoms with Crippen LogP contribution in [0.25, 0.3) is 0 Å². The lowest BCUT2D eigenvalue weighted by Crippen LogP contribution is -2.46. The van der Waals surface area contributed by atoms with Gasteiger partial charge in [-0.05, 0) is 48.7 Å². The summed E-state index contributed by atoms with van der Waals surface area (Å²) in [5, 5.41) is 5.08. The lowest BCUT2D eigenvalue weighted by molar-refractivity contribution is -0.121. The Hall–Kier alpha value is -2.91. The standard InChI is InChI=1S/C21H20N4O3S2.2H2/c26-19-21(17-3-1-2-4-18(17)23-19)9-12-25(13-10-21)15-5-7-16(8-6-15)30(27,28)24-20-22-11-14-29-20;;/h1-8,11,14H,9-10,12-13H2,(H,22,24)(H,23,26);2*1H. The van der Waals surface area contributed by atoms with Gasteiger partial charge >= 0.3 is 0 Å². The molecule has 1 aromatic heterocycles. The van der Waals surface area contributed by atoms with Crippen molar-refractivity contribution >= 4 is 43.8 Å². The van der Waals surface area contributed by atoms with Crippen molar-refractivity contribution in [2.45, 2.75) is 23.2 Å². The minimum Gasteiger partial charge on any atom is -0.371 e. The van der Waals surface area contributed by atoms with Crippen LogP contribution in [0.5, 0.6) is 0 Å². The Kier molecular flexibility index (Phi) is 4.52. The number of carbonyl (C=O) groups excluding carboxylic acids is 1. The monoisotopic (exact) mass is 444 g/mol. The number of sulfonamides is 1. The van der Waals surface area contributed by atoms with Crippen molar-refractivity contribution in [1.82, 2.24) is 4.98 Å². The first-order valence-corrected chi connectivity index (χ1v) is 12.0. The van der Waals surface area contributed by atoms with E-state index in [9.17, 15) is 13.2 Å². The summed E-state index contributed by atoms with van der Waals surface area (Å²) in [6, 6.07) is 14.7. The summed E-state index contributed by atoms with van der Waals surface area (Å²) in [4.78, 5) is 19.1. The molecule has 0 unspecified atom stereocenters. The number of benzene rings is 2. The van der Waals surface area contributed by atoms with Gasteiger partial charge in [0.05, 0.1) is 10.3 Å². The molecule has 1 fully saturated rings. The van der Waals surface area contributed by atoms with Gasteiger partial charge in [0, 0.05) is 38.9 Å². The lowest BCUT2D eigenvalue weighted by atomic mass is 9.73. The van der Waals surface area contributed by atoms with E-state index in [2.05, 4.69) is 19.9 Å². The highest BCUT2D eigenvalue weighted by Gasteiger charge is 2.48. The lowest BCUT2D eigenvalue weighted by Gasteiger charge is -2.39. The number of rotatable bonds is 4. The molecule has 2 aliphatic heterocycles. The van der Waals surface area contributed by atoms with E-state index in [-0.39, 0.29) is 13.7 Å². The number of fused-ring (bicyclic) bond motifs is 2. The van der Waals surface area contributed by atoms with Crippen LogP contribution < -0.4 is 14.9 Å². The number of nitrogens with zero attached hydrogens (tertiary/aromatic N) is 2. The quantitative estimate of drug-likeness (QED) is 0.636. The van der Waals surface area contributed by atoms with Gasteiger partial charge in [-0.15, -0.1) is 11.3 Å². The van der Waals surface area contributed by atoms with Crippen molar-refractivity contribution in [3.05, 3.63) is 65.7 Å². The second-order valence-corrected chi connectivity index (χ2v) is 10.1. The summed E-state index contributed by atoms with van der Waals surface area (Å²) in [5.74, 6) is 0.0815. The summed E-state index contributed by atoms with van der Waals surface area (Å²) in [6.07, 6.45) is 3.00. The van der Waals surface area contributed by atoms with Crippen LogP contribution in [0.1, 0.15) is 21.3 Å². The molecule has 2 N–H and O–H groups in total. The molecule has 0 bridgehead atoms. The van der Waals surface area contributed by atoms with Gasteiger partial charge in [-0.25, -0.2) is 13.4 Å². The van der Waals surface area contributed by atoms with Gasteiger partial charge in [0.2, 0.25) is 5.91 Å². The normalized spacial score (nSPS) is 17.6. The molecule has 2 aromatic carbocycles. The number of anilines is 3. The van der Waals surface area contributed by atoms with Crippen LogP contribution in [-0.4, -0.2) is 32.4 Å². The first kappa shape index (κ1) is 19.1. The average Bonchev–Trinajstić information content (AvgIpc) is 3.35. The minimum atomic E-state index is -3.66. The van der Waals surface area contributed by atoms with Crippen LogP contribution in [0.15, 0.2) is 65.0 Å². The maximum Gasteiger partial charge on any atom is 0.263 e. The fourth-order valence-electron chi connectivity index (χ4n) is 4.30. The Morgan fingerprint density at radius 2 is 1.83 bits per heavy atom. The Labute approximate surface area is 181 Å². The molecule has 0 aliphatic carbocycles. The molecule has 3 aromatic rings. The van der Waals surface area contributed by atoms with Gasteiger partial charge in [0.25, 0.3) is 10.0 Å². The van der Waals surface area contributed by atoms with Crippen molar-refractivity contribution in [2.75, 3.05) is 28.0 Å². The van der Waals surface area contributed by atoms with E-state index >= 15 is 0 Å². The van der Waals surface area contributed by atoms with Crippen LogP contribution in [0.3, 0.4) is 0 Å². The highest BCUT2D eigenvalue weighted by Crippen LogP contribution is 2.45. The van der Waals surface area contributed by atoms with Crippen LogP contribution >= 0.6 is 11.3 Å². The first-order chi connectivity index (χ1) is 14.5. The first-order valence-electron chi connectivity index (χ1n) is 9.66. The van der Waals surface area contributed by atoms with Crippen LogP contribution in [-0.2, 0) is 20.2 Å². The predicted molar refractivity (Wildman–Crippen MR) is 122 cm³/mol. The third kappa shape index (κ3) is 3.14. The molecule has 9 heteroatoms. The van der Waals surface area contributed by atoms with E-state index < -0.39 is 15.4 Å². The Bertz CT molecular complexity index is 1190. The van der Waals surface area contributed by atoms with E-state index in [0.717, 1.165) is 42.9 Å². The average molecular weight is 445 g/mol. The number of aromatic nitrogens is 1. The van der Waals surface area contributed by atoms with Crippen molar-refractivity contribution in [2.24, 2.45) is 0 Å². The molecule has 0 atom stereocenters. The number of piperidine rings is 1. The SMILES string of the molecule is O=C1Nc2ccccc2C12CCN(c1ccc(S(=O)(=O)Nc3nccs3)cc1)CC2.[HH].[HH]. The zero-order chi connectivity index (χ0) is 20.8. The number of hydrogen-bond donors (Lipinski definition) is 2. The molecule has 2 aliphatic rings. The number of carbonyl (C=O) groups is 1. The number of hydrogen-bond acceptors (Lipinski definition) is 6. The van der Waals surface area contributed by atoms with Gasteiger partial charge in [0.15, 0.2) is 5.13 Å². The molecule has 3 heterocycles. The van der Waals surface area contributed by atoms with E-state index in [0.29, 0.717) is 5.13 Å². The van der Waals surface area contributed by atoms with Gasteiger partial charge < -0.3 is 10.2 Å². The summed E-state index contributed by atoms with van der Waals surface area (Å²) < 4.78 is 27.5. The van der Waals surface area contributed by atoms with E-state index in [4.69, 9.17) is 0 Å². The van der Waals surface area contributed by atoms with Crippen LogP contribution in [0.2, 0.25) is 0 Å². The van der Waals surface area contributed by atoms with Gasteiger partial charge in [-0.3, -0.25) is 9.52 Å². The minimum absolute atomic E-state index is 0. The Morgan fingerprint density at radius 1 is 1.10 bits per heavy atom. The van der Waals surface area contributed by atoms with Crippen molar-refractivity contribution in [3.8, 4) is 0 Å². The second kappa shape index (κ2) is 7.10. The van der Waals surface area contributed by atoms with Crippen LogP contribution in [0.4, 0.5) is 16.5 Å². The summed E-state index contributed by atoms with van der Waals surface area (Å²) in [6.45, 7) is 1.45. The van der Waals surface area contributed by atoms with Gasteiger partial charge in [-0.1, -0.05) is 18.2 Å². The van der Waals surface area contributed by atoms with Crippen molar-refractivity contribution < 1.29 is 16.1 Å². The third-order valence-electron chi connectivity index (χ3n) is 5.91. The molecular formula is C21H24N4O3S2. The van der Waals surface area contributed by atoms with Crippen molar-refractivity contribution in [1.29, 1.82) is 0 Å².